The van der Waals surface area contributed by atoms with Crippen molar-refractivity contribution in [2.45, 2.75) is 12.7 Å². The molecule has 2 aromatic carbocycles. The van der Waals surface area contributed by atoms with Gasteiger partial charge < -0.3 is 15.4 Å². The molecule has 2 N–H and O–H groups in total. The monoisotopic (exact) mass is 375 g/mol. The molecule has 140 valence electrons. The van der Waals surface area contributed by atoms with Gasteiger partial charge in [0.15, 0.2) is 5.82 Å². The number of methoxy groups -OCH3 is 1. The number of nitrogens with one attached hydrogen (secondary N) is 2. The van der Waals surface area contributed by atoms with Crippen molar-refractivity contribution < 1.29 is 17.9 Å². The van der Waals surface area contributed by atoms with E-state index in [0.717, 1.165) is 11.6 Å². The van der Waals surface area contributed by atoms with Gasteiger partial charge in [-0.2, -0.15) is 23.3 Å². The zero-order valence-corrected chi connectivity index (χ0v) is 14.3. The maximum atomic E-state index is 13.1. The van der Waals surface area contributed by atoms with Gasteiger partial charge in [-0.15, -0.1) is 5.10 Å². The summed E-state index contributed by atoms with van der Waals surface area (Å²) in [7, 11) is 1.57. The van der Waals surface area contributed by atoms with Crippen LogP contribution in [0.3, 0.4) is 0 Å². The van der Waals surface area contributed by atoms with Crippen LogP contribution in [0.4, 0.5) is 30.6 Å². The number of para-hydroxylation sites is 2. The van der Waals surface area contributed by atoms with E-state index in [1.807, 2.05) is 24.3 Å². The molecule has 0 atom stereocenters. The molecule has 0 fully saturated rings. The van der Waals surface area contributed by atoms with Crippen molar-refractivity contribution in [3.8, 4) is 5.75 Å². The molecule has 0 amide bonds. The average molecular weight is 375 g/mol. The fourth-order valence-corrected chi connectivity index (χ4v) is 2.44. The zero-order valence-electron chi connectivity index (χ0n) is 14.3. The van der Waals surface area contributed by atoms with Gasteiger partial charge in [0.05, 0.1) is 24.6 Å². The summed E-state index contributed by atoms with van der Waals surface area (Å²) in [6.07, 6.45) is -3.23. The highest BCUT2D eigenvalue weighted by molar-refractivity contribution is 5.61. The van der Waals surface area contributed by atoms with Crippen LogP contribution in [0.1, 0.15) is 11.1 Å². The number of rotatable bonds is 6. The standard InChI is InChI=1S/C18H16F3N5O/c1-27-15-9-5-2-6-12(15)10-22-17-25-16(11-23-26-17)24-14-8-4-3-7-13(14)18(19,20)21/h2-9,11H,10H2,1H3,(H2,22,24,25,26). The fraction of sp³-hybridized carbons (Fsp3) is 0.167. The highest BCUT2D eigenvalue weighted by atomic mass is 19.4. The van der Waals surface area contributed by atoms with Gasteiger partial charge in [-0.3, -0.25) is 0 Å². The number of ether oxygens (including phenoxy) is 1. The normalized spacial score (nSPS) is 11.1. The van der Waals surface area contributed by atoms with Crippen LogP contribution in [0.2, 0.25) is 0 Å². The summed E-state index contributed by atoms with van der Waals surface area (Å²) in [6.45, 7) is 0.369. The van der Waals surface area contributed by atoms with Crippen molar-refractivity contribution in [1.82, 2.24) is 15.2 Å². The van der Waals surface area contributed by atoms with Gasteiger partial charge in [-0.05, 0) is 18.2 Å². The summed E-state index contributed by atoms with van der Waals surface area (Å²) in [5.74, 6) is 1.02. The van der Waals surface area contributed by atoms with Crippen molar-refractivity contribution in [2.24, 2.45) is 0 Å². The second kappa shape index (κ2) is 7.90. The van der Waals surface area contributed by atoms with E-state index in [-0.39, 0.29) is 17.5 Å². The summed E-state index contributed by atoms with van der Waals surface area (Å²) in [5.41, 5.74) is -0.0160. The molecule has 0 saturated carbocycles. The molecule has 0 radical (unpaired) electrons. The first kappa shape index (κ1) is 18.4. The number of halogens is 3. The number of hydrogen-bond acceptors (Lipinski definition) is 6. The molecule has 0 aliphatic heterocycles. The Kier molecular flexibility index (Phi) is 5.39. The molecule has 1 heterocycles. The van der Waals surface area contributed by atoms with Crippen molar-refractivity contribution in [2.75, 3.05) is 17.7 Å². The lowest BCUT2D eigenvalue weighted by Gasteiger charge is -2.14. The Morgan fingerprint density at radius 2 is 1.78 bits per heavy atom. The predicted octanol–water partition coefficient (Wildman–Crippen LogP) is 4.25. The van der Waals surface area contributed by atoms with Crippen molar-refractivity contribution in [1.29, 1.82) is 0 Å². The topological polar surface area (TPSA) is 72.0 Å². The van der Waals surface area contributed by atoms with Crippen LogP contribution >= 0.6 is 0 Å². The smallest absolute Gasteiger partial charge is 0.418 e. The summed E-state index contributed by atoms with van der Waals surface area (Å²) in [5, 5.41) is 13.2. The van der Waals surface area contributed by atoms with E-state index in [1.165, 1.54) is 24.4 Å². The van der Waals surface area contributed by atoms with Crippen molar-refractivity contribution >= 4 is 17.5 Å². The number of anilines is 3. The molecular weight excluding hydrogens is 359 g/mol. The molecule has 3 rings (SSSR count). The minimum absolute atomic E-state index is 0.110. The number of benzene rings is 2. The minimum atomic E-state index is -4.48. The van der Waals surface area contributed by atoms with Gasteiger partial charge in [-0.25, -0.2) is 0 Å². The van der Waals surface area contributed by atoms with Crippen molar-refractivity contribution in [3.63, 3.8) is 0 Å². The summed E-state index contributed by atoms with van der Waals surface area (Å²) >= 11 is 0. The van der Waals surface area contributed by atoms with Crippen LogP contribution in [-0.2, 0) is 12.7 Å². The van der Waals surface area contributed by atoms with Gasteiger partial charge in [0.1, 0.15) is 5.75 Å². The highest BCUT2D eigenvalue weighted by Gasteiger charge is 2.33. The third-order valence-corrected chi connectivity index (χ3v) is 3.68. The van der Waals surface area contributed by atoms with Gasteiger partial charge in [0, 0.05) is 12.1 Å². The van der Waals surface area contributed by atoms with E-state index in [2.05, 4.69) is 25.8 Å². The largest absolute Gasteiger partial charge is 0.496 e. The Morgan fingerprint density at radius 1 is 1.04 bits per heavy atom. The fourth-order valence-electron chi connectivity index (χ4n) is 2.44. The highest BCUT2D eigenvalue weighted by Crippen LogP contribution is 2.35. The Labute approximate surface area is 153 Å². The van der Waals surface area contributed by atoms with Crippen molar-refractivity contribution in [3.05, 3.63) is 65.9 Å². The number of aromatic nitrogens is 3. The molecule has 6 nitrogen and oxygen atoms in total. The van der Waals surface area contributed by atoms with Crippen LogP contribution in [-0.4, -0.2) is 22.3 Å². The maximum absolute atomic E-state index is 13.1. The molecule has 0 bridgehead atoms. The third-order valence-electron chi connectivity index (χ3n) is 3.68. The first-order valence-corrected chi connectivity index (χ1v) is 7.96. The second-order valence-electron chi connectivity index (χ2n) is 5.50. The molecule has 3 aromatic rings. The van der Waals surface area contributed by atoms with Crippen LogP contribution < -0.4 is 15.4 Å². The molecule has 9 heteroatoms. The van der Waals surface area contributed by atoms with Crippen LogP contribution in [0.25, 0.3) is 0 Å². The van der Waals surface area contributed by atoms with E-state index in [1.54, 1.807) is 7.11 Å². The summed E-state index contributed by atoms with van der Waals surface area (Å²) < 4.78 is 44.6. The van der Waals surface area contributed by atoms with Gasteiger partial charge in [-0.1, -0.05) is 30.3 Å². The molecule has 0 saturated heterocycles. The third kappa shape index (κ3) is 4.63. The van der Waals surface area contributed by atoms with E-state index < -0.39 is 11.7 Å². The Balaban J connectivity index is 1.75. The lowest BCUT2D eigenvalue weighted by molar-refractivity contribution is -0.136. The number of hydrogen-bond donors (Lipinski definition) is 2. The first-order valence-electron chi connectivity index (χ1n) is 7.96. The SMILES string of the molecule is COc1ccccc1CNc1nncc(Nc2ccccc2C(F)(F)F)n1. The van der Waals surface area contributed by atoms with E-state index >= 15 is 0 Å². The quantitative estimate of drug-likeness (QED) is 0.671. The van der Waals surface area contributed by atoms with E-state index in [9.17, 15) is 13.2 Å². The molecule has 0 unspecified atom stereocenters. The molecular formula is C18H16F3N5O. The average Bonchev–Trinajstić information content (AvgIpc) is 2.66. The Bertz CT molecular complexity index is 917. The summed E-state index contributed by atoms with van der Waals surface area (Å²) in [6, 6.07) is 12.6. The molecule has 1 aromatic heterocycles. The van der Waals surface area contributed by atoms with Gasteiger partial charge in [0.2, 0.25) is 5.95 Å². The van der Waals surface area contributed by atoms with E-state index in [0.29, 0.717) is 12.3 Å². The van der Waals surface area contributed by atoms with Crippen LogP contribution in [0.15, 0.2) is 54.7 Å². The lowest BCUT2D eigenvalue weighted by atomic mass is 10.1. The maximum Gasteiger partial charge on any atom is 0.418 e. The Morgan fingerprint density at radius 3 is 2.56 bits per heavy atom. The van der Waals surface area contributed by atoms with Gasteiger partial charge >= 0.3 is 6.18 Å². The van der Waals surface area contributed by atoms with Gasteiger partial charge in [0.25, 0.3) is 0 Å². The van der Waals surface area contributed by atoms with E-state index in [4.69, 9.17) is 4.74 Å². The molecule has 0 spiro atoms. The minimum Gasteiger partial charge on any atom is -0.496 e. The number of alkyl halides is 3. The van der Waals surface area contributed by atoms with Crippen LogP contribution in [0, 0.1) is 0 Å². The Hall–Kier alpha value is -3.36. The van der Waals surface area contributed by atoms with Crippen LogP contribution in [0.5, 0.6) is 5.75 Å². The predicted molar refractivity (Wildman–Crippen MR) is 94.9 cm³/mol. The summed E-state index contributed by atoms with van der Waals surface area (Å²) in [4.78, 5) is 4.16. The second-order valence-corrected chi connectivity index (χ2v) is 5.50. The molecule has 0 aliphatic carbocycles. The first-order chi connectivity index (χ1) is 13.0. The zero-order chi connectivity index (χ0) is 19.3. The molecule has 0 aliphatic rings. The molecule has 27 heavy (non-hydrogen) atoms. The number of nitrogens with zero attached hydrogens (tertiary/aromatic N) is 3. The lowest BCUT2D eigenvalue weighted by Crippen LogP contribution is -2.10.